The number of benzene rings is 1. The number of pyridine rings is 1. The fraction of sp³-hybridized carbons (Fsp3) is 0.263. The molecular formula is C19H20FN5O4S. The lowest BCUT2D eigenvalue weighted by atomic mass is 10.2. The van der Waals surface area contributed by atoms with Crippen LogP contribution in [0.1, 0.15) is 19.4 Å². The van der Waals surface area contributed by atoms with Gasteiger partial charge in [-0.3, -0.25) is 9.52 Å². The van der Waals surface area contributed by atoms with Crippen molar-refractivity contribution >= 4 is 16.0 Å². The molecule has 2 aromatic heterocycles. The molecule has 0 saturated heterocycles. The Morgan fingerprint density at radius 3 is 2.50 bits per heavy atom. The molecule has 9 nitrogen and oxygen atoms in total. The van der Waals surface area contributed by atoms with Gasteiger partial charge in [-0.1, -0.05) is 12.1 Å². The average molecular weight is 433 g/mol. The van der Waals surface area contributed by atoms with Gasteiger partial charge in [-0.05, 0) is 38.5 Å². The number of hydrogen-bond acceptors (Lipinski definition) is 7. The van der Waals surface area contributed by atoms with Crippen LogP contribution < -0.4 is 15.0 Å². The molecule has 0 radical (unpaired) electrons. The van der Waals surface area contributed by atoms with Crippen molar-refractivity contribution in [3.8, 4) is 23.1 Å². The normalized spacial score (nSPS) is 11.5. The van der Waals surface area contributed by atoms with Crippen molar-refractivity contribution in [2.24, 2.45) is 7.05 Å². The van der Waals surface area contributed by atoms with Crippen molar-refractivity contribution in [3.05, 3.63) is 58.3 Å². The highest BCUT2D eigenvalue weighted by molar-refractivity contribution is 7.93. The van der Waals surface area contributed by atoms with Gasteiger partial charge in [0.25, 0.3) is 0 Å². The molecule has 3 aromatic rings. The Morgan fingerprint density at radius 1 is 1.13 bits per heavy atom. The fourth-order valence-electron chi connectivity index (χ4n) is 2.39. The van der Waals surface area contributed by atoms with E-state index in [-0.39, 0.29) is 29.1 Å². The van der Waals surface area contributed by atoms with Crippen molar-refractivity contribution in [2.75, 3.05) is 4.72 Å². The number of nitrogens with zero attached hydrogens (tertiary/aromatic N) is 4. The van der Waals surface area contributed by atoms with Gasteiger partial charge in [0.2, 0.25) is 21.5 Å². The SMILES string of the molecule is Cc1cccc(F)c1Oc1nc(NS(=O)(=O)C(C)C)nc(-c2ccc(=O)n(C)c2)n1. The number of anilines is 1. The van der Waals surface area contributed by atoms with Crippen LogP contribution in [0.15, 0.2) is 41.3 Å². The Morgan fingerprint density at radius 2 is 1.87 bits per heavy atom. The predicted molar refractivity (Wildman–Crippen MR) is 109 cm³/mol. The highest BCUT2D eigenvalue weighted by Crippen LogP contribution is 2.28. The van der Waals surface area contributed by atoms with Gasteiger partial charge in [-0.25, -0.2) is 12.8 Å². The largest absolute Gasteiger partial charge is 0.421 e. The topological polar surface area (TPSA) is 116 Å². The van der Waals surface area contributed by atoms with Crippen LogP contribution >= 0.6 is 0 Å². The summed E-state index contributed by atoms with van der Waals surface area (Å²) in [5.41, 5.74) is 0.676. The molecule has 0 spiro atoms. The molecule has 3 rings (SSSR count). The minimum absolute atomic E-state index is 0.0473. The van der Waals surface area contributed by atoms with Crippen LogP contribution in [-0.2, 0) is 17.1 Å². The van der Waals surface area contributed by atoms with Crippen LogP contribution in [-0.4, -0.2) is 33.2 Å². The van der Waals surface area contributed by atoms with Gasteiger partial charge >= 0.3 is 6.01 Å². The molecular weight excluding hydrogens is 413 g/mol. The molecule has 30 heavy (non-hydrogen) atoms. The van der Waals surface area contributed by atoms with E-state index >= 15 is 0 Å². The van der Waals surface area contributed by atoms with E-state index in [1.165, 1.54) is 48.9 Å². The summed E-state index contributed by atoms with van der Waals surface area (Å²) in [7, 11) is -2.21. The first-order valence-electron chi connectivity index (χ1n) is 8.94. The first-order chi connectivity index (χ1) is 14.1. The predicted octanol–water partition coefficient (Wildman–Crippen LogP) is 2.63. The summed E-state index contributed by atoms with van der Waals surface area (Å²) in [6.07, 6.45) is 1.48. The van der Waals surface area contributed by atoms with Gasteiger partial charge in [-0.2, -0.15) is 15.0 Å². The second-order valence-electron chi connectivity index (χ2n) is 6.82. The van der Waals surface area contributed by atoms with Gasteiger partial charge in [-0.15, -0.1) is 0 Å². The van der Waals surface area contributed by atoms with Gasteiger partial charge < -0.3 is 9.30 Å². The van der Waals surface area contributed by atoms with Crippen LogP contribution in [0.4, 0.5) is 10.3 Å². The smallest absolute Gasteiger partial charge is 0.327 e. The van der Waals surface area contributed by atoms with Crippen LogP contribution in [0.3, 0.4) is 0 Å². The molecule has 0 unspecified atom stereocenters. The summed E-state index contributed by atoms with van der Waals surface area (Å²) >= 11 is 0. The van der Waals surface area contributed by atoms with Gasteiger partial charge in [0, 0.05) is 24.9 Å². The Kier molecular flexibility index (Phi) is 5.83. The molecule has 1 aromatic carbocycles. The number of ether oxygens (including phenoxy) is 1. The molecule has 0 aliphatic carbocycles. The third-order valence-corrected chi connectivity index (χ3v) is 5.88. The second-order valence-corrected chi connectivity index (χ2v) is 9.05. The van der Waals surface area contributed by atoms with Crippen molar-refractivity contribution in [3.63, 3.8) is 0 Å². The highest BCUT2D eigenvalue weighted by atomic mass is 32.2. The third kappa shape index (κ3) is 4.62. The minimum atomic E-state index is -3.76. The van der Waals surface area contributed by atoms with Crippen LogP contribution in [0, 0.1) is 12.7 Å². The average Bonchev–Trinajstić information content (AvgIpc) is 2.66. The first kappa shape index (κ1) is 21.4. The zero-order valence-corrected chi connectivity index (χ0v) is 17.6. The Labute approximate surface area is 172 Å². The third-order valence-electron chi connectivity index (χ3n) is 4.17. The summed E-state index contributed by atoms with van der Waals surface area (Å²) in [6.45, 7) is 4.64. The number of nitrogens with one attached hydrogen (secondary N) is 1. The van der Waals surface area contributed by atoms with E-state index in [4.69, 9.17) is 4.74 Å². The second kappa shape index (κ2) is 8.19. The Bertz CT molecular complexity index is 1240. The molecule has 158 valence electrons. The molecule has 0 aliphatic heterocycles. The summed E-state index contributed by atoms with van der Waals surface area (Å²) in [4.78, 5) is 23.9. The first-order valence-corrected chi connectivity index (χ1v) is 10.5. The quantitative estimate of drug-likeness (QED) is 0.635. The minimum Gasteiger partial charge on any atom is -0.421 e. The molecule has 0 aliphatic rings. The highest BCUT2D eigenvalue weighted by Gasteiger charge is 2.20. The summed E-state index contributed by atoms with van der Waals surface area (Å²) < 4.78 is 47.8. The number of sulfonamides is 1. The van der Waals surface area contributed by atoms with Gasteiger partial charge in [0.1, 0.15) is 0 Å². The van der Waals surface area contributed by atoms with Crippen molar-refractivity contribution in [1.29, 1.82) is 0 Å². The molecule has 11 heteroatoms. The lowest BCUT2D eigenvalue weighted by molar-refractivity contribution is 0.407. The Hall–Kier alpha value is -3.34. The Balaban J connectivity index is 2.12. The number of aryl methyl sites for hydroxylation is 2. The van der Waals surface area contributed by atoms with Crippen LogP contribution in [0.5, 0.6) is 11.8 Å². The zero-order chi connectivity index (χ0) is 22.1. The van der Waals surface area contributed by atoms with E-state index in [1.807, 2.05) is 0 Å². The lowest BCUT2D eigenvalue weighted by Gasteiger charge is -2.13. The van der Waals surface area contributed by atoms with Crippen LogP contribution in [0.2, 0.25) is 0 Å². The van der Waals surface area contributed by atoms with Crippen LogP contribution in [0.25, 0.3) is 11.4 Å². The number of rotatable bonds is 6. The van der Waals surface area contributed by atoms with E-state index in [2.05, 4.69) is 19.7 Å². The van der Waals surface area contributed by atoms with Crippen molar-refractivity contribution in [1.82, 2.24) is 19.5 Å². The molecule has 0 bridgehead atoms. The maximum atomic E-state index is 14.2. The zero-order valence-electron chi connectivity index (χ0n) is 16.7. The summed E-state index contributed by atoms with van der Waals surface area (Å²) in [6, 6.07) is 6.90. The standard InChI is InChI=1S/C19H20FN5O4S/c1-11(2)30(27,28)24-18-21-17(13-8-9-15(26)25(4)10-13)22-19(23-18)29-16-12(3)6-5-7-14(16)20/h5-11H,1-4H3,(H,21,22,23,24). The lowest BCUT2D eigenvalue weighted by Crippen LogP contribution is -2.24. The number of hydrogen-bond donors (Lipinski definition) is 1. The molecule has 2 heterocycles. The van der Waals surface area contributed by atoms with E-state index in [9.17, 15) is 17.6 Å². The van der Waals surface area contributed by atoms with Crippen molar-refractivity contribution in [2.45, 2.75) is 26.0 Å². The van der Waals surface area contributed by atoms with Gasteiger partial charge in [0.15, 0.2) is 17.4 Å². The number of aromatic nitrogens is 4. The molecule has 0 fully saturated rings. The number of para-hydroxylation sites is 1. The van der Waals surface area contributed by atoms with E-state index in [0.29, 0.717) is 11.1 Å². The molecule has 1 N–H and O–H groups in total. The summed E-state index contributed by atoms with van der Waals surface area (Å²) in [5, 5.41) is -0.742. The maximum absolute atomic E-state index is 14.2. The molecule has 0 saturated carbocycles. The monoisotopic (exact) mass is 433 g/mol. The number of halogens is 1. The van der Waals surface area contributed by atoms with E-state index in [1.54, 1.807) is 20.0 Å². The summed E-state index contributed by atoms with van der Waals surface area (Å²) in [5.74, 6) is -0.950. The fourth-order valence-corrected chi connectivity index (χ4v) is 2.97. The maximum Gasteiger partial charge on any atom is 0.327 e. The molecule has 0 amide bonds. The van der Waals surface area contributed by atoms with Gasteiger partial charge in [0.05, 0.1) is 5.25 Å². The van der Waals surface area contributed by atoms with Crippen molar-refractivity contribution < 1.29 is 17.5 Å². The molecule has 0 atom stereocenters. The van der Waals surface area contributed by atoms with E-state index < -0.39 is 21.1 Å². The van der Waals surface area contributed by atoms with E-state index in [0.717, 1.165) is 0 Å².